The Morgan fingerprint density at radius 3 is 2.20 bits per heavy atom. The molecule has 1 aliphatic heterocycles. The Bertz CT molecular complexity index is 112. The summed E-state index contributed by atoms with van der Waals surface area (Å²) in [6, 6.07) is 0. The molecule has 0 aromatic rings. The Kier molecular flexibility index (Phi) is 6.29. The Morgan fingerprint density at radius 2 is 1.90 bits per heavy atom. The van der Waals surface area contributed by atoms with Gasteiger partial charge in [-0.2, -0.15) is 0 Å². The molecule has 1 amide bonds. The maximum atomic E-state index is 10.7. The van der Waals surface area contributed by atoms with E-state index in [2.05, 4.69) is 5.32 Å². The molecule has 0 aliphatic carbocycles. The van der Waals surface area contributed by atoms with E-state index >= 15 is 0 Å². The van der Waals surface area contributed by atoms with Crippen molar-refractivity contribution in [2.45, 2.75) is 6.92 Å². The van der Waals surface area contributed by atoms with Crippen LogP contribution in [0.4, 0.5) is 0 Å². The number of hydrogen-bond donors (Lipinski definition) is 0. The van der Waals surface area contributed by atoms with Gasteiger partial charge in [0.1, 0.15) is 0 Å². The molecular formula is C6H11KN2O. The third kappa shape index (κ3) is 3.46. The zero-order valence-corrected chi connectivity index (χ0v) is 9.75. The van der Waals surface area contributed by atoms with Crippen LogP contribution in [0.1, 0.15) is 6.92 Å². The van der Waals surface area contributed by atoms with Gasteiger partial charge in [0.15, 0.2) is 0 Å². The van der Waals surface area contributed by atoms with E-state index in [1.54, 1.807) is 6.92 Å². The van der Waals surface area contributed by atoms with Crippen LogP contribution < -0.4 is 51.4 Å². The van der Waals surface area contributed by atoms with E-state index in [4.69, 9.17) is 0 Å². The van der Waals surface area contributed by atoms with Gasteiger partial charge in [0, 0.05) is 20.0 Å². The second-order valence-corrected chi connectivity index (χ2v) is 2.18. The van der Waals surface area contributed by atoms with Crippen LogP contribution in [0.25, 0.3) is 5.32 Å². The van der Waals surface area contributed by atoms with Gasteiger partial charge < -0.3 is 10.2 Å². The molecule has 1 heterocycles. The molecule has 1 fully saturated rings. The van der Waals surface area contributed by atoms with Gasteiger partial charge >= 0.3 is 51.4 Å². The topological polar surface area (TPSA) is 34.4 Å². The van der Waals surface area contributed by atoms with Gasteiger partial charge in [-0.3, -0.25) is 4.79 Å². The predicted octanol–water partition coefficient (Wildman–Crippen LogP) is -2.77. The van der Waals surface area contributed by atoms with Crippen molar-refractivity contribution in [2.75, 3.05) is 26.2 Å². The third-order valence-corrected chi connectivity index (χ3v) is 1.50. The Balaban J connectivity index is 0.000000810. The Hall–Kier alpha value is 1.07. The van der Waals surface area contributed by atoms with Crippen LogP contribution in [-0.2, 0) is 4.79 Å². The maximum Gasteiger partial charge on any atom is 1.00 e. The molecule has 0 aromatic heterocycles. The van der Waals surface area contributed by atoms with E-state index in [1.165, 1.54) is 0 Å². The standard InChI is InChI=1S/C6H11N2O.K/c1-6(9)8-4-2-7-3-5-8;/h2-5H2,1H3;/q-1;+1. The van der Waals surface area contributed by atoms with Crippen LogP contribution in [0.3, 0.4) is 0 Å². The van der Waals surface area contributed by atoms with E-state index < -0.39 is 0 Å². The quantitative estimate of drug-likeness (QED) is 0.359. The van der Waals surface area contributed by atoms with Crippen molar-refractivity contribution in [3.8, 4) is 0 Å². The fourth-order valence-corrected chi connectivity index (χ4v) is 0.921. The average molecular weight is 166 g/mol. The molecule has 4 heteroatoms. The van der Waals surface area contributed by atoms with Crippen molar-refractivity contribution in [1.29, 1.82) is 0 Å². The van der Waals surface area contributed by atoms with E-state index in [9.17, 15) is 4.79 Å². The van der Waals surface area contributed by atoms with Crippen LogP contribution in [0.5, 0.6) is 0 Å². The summed E-state index contributed by atoms with van der Waals surface area (Å²) < 4.78 is 0. The molecule has 0 unspecified atom stereocenters. The van der Waals surface area contributed by atoms with E-state index in [0.717, 1.165) is 26.2 Å². The van der Waals surface area contributed by atoms with Crippen molar-refractivity contribution < 1.29 is 56.2 Å². The number of nitrogens with zero attached hydrogens (tertiary/aromatic N) is 2. The van der Waals surface area contributed by atoms with Gasteiger partial charge in [-0.1, -0.05) is 0 Å². The first kappa shape index (κ1) is 11.1. The molecule has 3 nitrogen and oxygen atoms in total. The van der Waals surface area contributed by atoms with Crippen molar-refractivity contribution in [3.05, 3.63) is 5.32 Å². The van der Waals surface area contributed by atoms with Gasteiger partial charge in [0.2, 0.25) is 5.91 Å². The molecule has 0 aromatic carbocycles. The fraction of sp³-hybridized carbons (Fsp3) is 0.833. The summed E-state index contributed by atoms with van der Waals surface area (Å²) in [4.78, 5) is 12.5. The zero-order valence-electron chi connectivity index (χ0n) is 6.63. The van der Waals surface area contributed by atoms with Crippen LogP contribution in [0.15, 0.2) is 0 Å². The maximum absolute atomic E-state index is 10.7. The summed E-state index contributed by atoms with van der Waals surface area (Å²) in [6.07, 6.45) is 0. The van der Waals surface area contributed by atoms with Gasteiger partial charge in [-0.25, -0.2) is 0 Å². The minimum atomic E-state index is 0. The van der Waals surface area contributed by atoms with E-state index in [1.807, 2.05) is 4.90 Å². The van der Waals surface area contributed by atoms with E-state index in [-0.39, 0.29) is 57.3 Å². The van der Waals surface area contributed by atoms with Crippen molar-refractivity contribution in [3.63, 3.8) is 0 Å². The van der Waals surface area contributed by atoms with Crippen molar-refractivity contribution in [2.24, 2.45) is 0 Å². The fourth-order valence-electron chi connectivity index (χ4n) is 0.921. The first-order valence-corrected chi connectivity index (χ1v) is 3.19. The molecular weight excluding hydrogens is 155 g/mol. The normalized spacial score (nSPS) is 17.9. The molecule has 10 heavy (non-hydrogen) atoms. The Labute approximate surface area is 104 Å². The van der Waals surface area contributed by atoms with Gasteiger partial charge in [-0.05, 0) is 0 Å². The molecule has 1 rings (SSSR count). The minimum Gasteiger partial charge on any atom is -0.659 e. The monoisotopic (exact) mass is 166 g/mol. The number of piperazine rings is 1. The summed E-state index contributed by atoms with van der Waals surface area (Å²) in [5.41, 5.74) is 0. The van der Waals surface area contributed by atoms with E-state index in [0.29, 0.717) is 0 Å². The zero-order chi connectivity index (χ0) is 6.69. The molecule has 0 bridgehead atoms. The van der Waals surface area contributed by atoms with Crippen LogP contribution >= 0.6 is 0 Å². The van der Waals surface area contributed by atoms with Crippen LogP contribution in [-0.4, -0.2) is 37.0 Å². The molecule has 0 saturated carbocycles. The smallest absolute Gasteiger partial charge is 0.659 e. The largest absolute Gasteiger partial charge is 1.00 e. The number of amides is 1. The SMILES string of the molecule is CC(=O)N1CC[N-]CC1.[K+]. The first-order chi connectivity index (χ1) is 4.30. The van der Waals surface area contributed by atoms with Gasteiger partial charge in [0.05, 0.1) is 0 Å². The number of hydrogen-bond acceptors (Lipinski definition) is 1. The molecule has 52 valence electrons. The number of rotatable bonds is 0. The third-order valence-electron chi connectivity index (χ3n) is 1.50. The van der Waals surface area contributed by atoms with Crippen LogP contribution in [0.2, 0.25) is 0 Å². The second kappa shape index (κ2) is 5.68. The number of carbonyl (C=O) groups is 1. The summed E-state index contributed by atoms with van der Waals surface area (Å²) in [7, 11) is 0. The Morgan fingerprint density at radius 1 is 1.40 bits per heavy atom. The van der Waals surface area contributed by atoms with Gasteiger partial charge in [-0.15, -0.1) is 13.1 Å². The van der Waals surface area contributed by atoms with Crippen LogP contribution in [0, 0.1) is 0 Å². The number of carbonyl (C=O) groups excluding carboxylic acids is 1. The van der Waals surface area contributed by atoms with Crippen molar-refractivity contribution >= 4 is 5.91 Å². The molecule has 0 atom stereocenters. The molecule has 0 radical (unpaired) electrons. The molecule has 0 N–H and O–H groups in total. The summed E-state index contributed by atoms with van der Waals surface area (Å²) in [6.45, 7) is 4.87. The molecule has 1 saturated heterocycles. The predicted molar refractivity (Wildman–Crippen MR) is 35.3 cm³/mol. The second-order valence-electron chi connectivity index (χ2n) is 2.18. The summed E-state index contributed by atoms with van der Waals surface area (Å²) in [5, 5.41) is 4.12. The summed E-state index contributed by atoms with van der Waals surface area (Å²) >= 11 is 0. The molecule has 1 aliphatic rings. The minimum absolute atomic E-state index is 0. The van der Waals surface area contributed by atoms with Crippen molar-refractivity contribution in [1.82, 2.24) is 4.90 Å². The first-order valence-electron chi connectivity index (χ1n) is 3.19. The average Bonchev–Trinajstić information content (AvgIpc) is 1.90. The van der Waals surface area contributed by atoms with Gasteiger partial charge in [0.25, 0.3) is 0 Å². The molecule has 0 spiro atoms. The summed E-state index contributed by atoms with van der Waals surface area (Å²) in [5.74, 6) is 0.171.